The smallest absolute Gasteiger partial charge is 0.349 e. The molecule has 0 aromatic carbocycles. The Morgan fingerprint density at radius 3 is 2.38 bits per heavy atom. The van der Waals surface area contributed by atoms with E-state index in [0.717, 1.165) is 31.7 Å². The predicted molar refractivity (Wildman–Crippen MR) is 121 cm³/mol. The molecule has 1 aliphatic carbocycles. The summed E-state index contributed by atoms with van der Waals surface area (Å²) in [5, 5.41) is 1.91. The van der Waals surface area contributed by atoms with Crippen LogP contribution in [0.15, 0.2) is 41.6 Å². The Morgan fingerprint density at radius 1 is 1.18 bits per heavy atom. The van der Waals surface area contributed by atoms with Gasteiger partial charge >= 0.3 is 6.18 Å². The maximum Gasteiger partial charge on any atom is 0.414 e. The summed E-state index contributed by atoms with van der Waals surface area (Å²) in [4.78, 5) is 44.3. The molecule has 0 spiro atoms. The van der Waals surface area contributed by atoms with Crippen molar-refractivity contribution in [2.24, 2.45) is 5.92 Å². The van der Waals surface area contributed by atoms with Crippen LogP contribution in [0, 0.1) is 5.92 Å². The molecule has 1 atom stereocenters. The van der Waals surface area contributed by atoms with Crippen molar-refractivity contribution >= 4 is 11.8 Å². The number of halogens is 3. The molecular formula is C24H29F3N4O3. The lowest BCUT2D eigenvalue weighted by Gasteiger charge is -2.23. The fraction of sp³-hybridized carbons (Fsp3) is 0.500. The average Bonchev–Trinajstić information content (AvgIpc) is 3.31. The monoisotopic (exact) mass is 478 g/mol. The number of hydrogen-bond donors (Lipinski definition) is 1. The molecule has 1 aliphatic rings. The fourth-order valence-electron chi connectivity index (χ4n) is 4.24. The first kappa shape index (κ1) is 25.5. The molecule has 2 amide bonds. The van der Waals surface area contributed by atoms with Crippen molar-refractivity contribution in [2.45, 2.75) is 57.8 Å². The molecule has 1 fully saturated rings. The minimum atomic E-state index is -4.83. The molecule has 2 aromatic rings. The lowest BCUT2D eigenvalue weighted by atomic mass is 10.1. The summed E-state index contributed by atoms with van der Waals surface area (Å²) in [7, 11) is 1.55. The second kappa shape index (κ2) is 10.4. The number of rotatable bonds is 7. The van der Waals surface area contributed by atoms with E-state index in [9.17, 15) is 27.6 Å². The minimum Gasteiger partial charge on any atom is -0.349 e. The molecule has 0 unspecified atom stereocenters. The van der Waals surface area contributed by atoms with Gasteiger partial charge in [-0.25, -0.2) is 0 Å². The summed E-state index contributed by atoms with van der Waals surface area (Å²) in [5.74, 6) is -1.63. The quantitative estimate of drug-likeness (QED) is 0.649. The Balaban J connectivity index is 2.03. The number of amides is 2. The zero-order valence-corrected chi connectivity index (χ0v) is 19.4. The number of nitrogens with zero attached hydrogens (tertiary/aromatic N) is 3. The second-order valence-electron chi connectivity index (χ2n) is 9.08. The van der Waals surface area contributed by atoms with Crippen molar-refractivity contribution in [2.75, 3.05) is 13.6 Å². The van der Waals surface area contributed by atoms with Crippen LogP contribution in [-0.2, 0) is 0 Å². The number of alkyl halides is 3. The zero-order chi connectivity index (χ0) is 25.0. The SMILES string of the molecule is CC(C)CN(C)C(=O)c1cn(C2CCCC2)cc(C(=O)N[C@H](c2ccccn2)C(F)(F)F)c1=O. The van der Waals surface area contributed by atoms with Crippen LogP contribution in [0.25, 0.3) is 0 Å². The molecular weight excluding hydrogens is 449 g/mol. The molecule has 1 saturated carbocycles. The summed E-state index contributed by atoms with van der Waals surface area (Å²) < 4.78 is 42.9. The summed E-state index contributed by atoms with van der Waals surface area (Å²) in [5.41, 5.74) is -2.03. The van der Waals surface area contributed by atoms with Crippen LogP contribution in [0.3, 0.4) is 0 Å². The van der Waals surface area contributed by atoms with Gasteiger partial charge in [-0.15, -0.1) is 0 Å². The number of aromatic nitrogens is 2. The Hall–Kier alpha value is -3.17. The highest BCUT2D eigenvalue weighted by molar-refractivity contribution is 5.99. The van der Waals surface area contributed by atoms with E-state index >= 15 is 0 Å². The Kier molecular flexibility index (Phi) is 7.78. The van der Waals surface area contributed by atoms with E-state index in [4.69, 9.17) is 0 Å². The first-order chi connectivity index (χ1) is 16.0. The Morgan fingerprint density at radius 2 is 1.82 bits per heavy atom. The largest absolute Gasteiger partial charge is 0.414 e. The first-order valence-corrected chi connectivity index (χ1v) is 11.3. The van der Waals surface area contributed by atoms with Crippen LogP contribution < -0.4 is 10.7 Å². The fourth-order valence-corrected chi connectivity index (χ4v) is 4.24. The first-order valence-electron chi connectivity index (χ1n) is 11.3. The number of pyridine rings is 2. The Labute approximate surface area is 196 Å². The number of carbonyl (C=O) groups is 2. The third-order valence-electron chi connectivity index (χ3n) is 5.84. The Bertz CT molecular complexity index is 1080. The molecule has 10 heteroatoms. The number of hydrogen-bond acceptors (Lipinski definition) is 4. The van der Waals surface area contributed by atoms with Crippen molar-refractivity contribution in [3.63, 3.8) is 0 Å². The topological polar surface area (TPSA) is 84.3 Å². The van der Waals surface area contributed by atoms with Gasteiger partial charge in [0.2, 0.25) is 5.43 Å². The summed E-state index contributed by atoms with van der Waals surface area (Å²) in [6, 6.07) is 1.55. The van der Waals surface area contributed by atoms with Gasteiger partial charge in [0, 0.05) is 38.2 Å². The zero-order valence-electron chi connectivity index (χ0n) is 19.4. The van der Waals surface area contributed by atoms with Gasteiger partial charge in [-0.05, 0) is 30.9 Å². The molecule has 0 radical (unpaired) electrons. The number of nitrogens with one attached hydrogen (secondary N) is 1. The van der Waals surface area contributed by atoms with Crippen LogP contribution in [0.4, 0.5) is 13.2 Å². The van der Waals surface area contributed by atoms with E-state index in [1.807, 2.05) is 19.2 Å². The third kappa shape index (κ3) is 5.84. The van der Waals surface area contributed by atoms with Crippen LogP contribution in [0.5, 0.6) is 0 Å². The molecule has 7 nitrogen and oxygen atoms in total. The normalized spacial score (nSPS) is 15.4. The summed E-state index contributed by atoms with van der Waals surface area (Å²) in [6.45, 7) is 4.21. The molecule has 3 rings (SSSR count). The van der Waals surface area contributed by atoms with Gasteiger partial charge in [0.25, 0.3) is 11.8 Å². The standard InChI is InChI=1S/C24H29F3N4O3/c1-15(2)12-30(3)23(34)18-14-31(16-8-4-5-9-16)13-17(20(18)32)22(33)29-21(24(25,26)27)19-10-6-7-11-28-19/h6-7,10-11,13-16,21H,4-5,8-9,12H2,1-3H3,(H,29,33)/t21-/m1/s1. The molecule has 184 valence electrons. The van der Waals surface area contributed by atoms with Crippen molar-refractivity contribution in [3.05, 3.63) is 63.8 Å². The van der Waals surface area contributed by atoms with Crippen LogP contribution in [-0.4, -0.2) is 46.0 Å². The van der Waals surface area contributed by atoms with E-state index < -0.39 is 40.7 Å². The highest BCUT2D eigenvalue weighted by atomic mass is 19.4. The molecule has 2 aromatic heterocycles. The maximum atomic E-state index is 13.7. The number of carbonyl (C=O) groups excluding carboxylic acids is 2. The predicted octanol–water partition coefficient (Wildman–Crippen LogP) is 4.12. The minimum absolute atomic E-state index is 0.0386. The highest BCUT2D eigenvalue weighted by Crippen LogP contribution is 2.32. The average molecular weight is 479 g/mol. The maximum absolute atomic E-state index is 13.7. The lowest BCUT2D eigenvalue weighted by molar-refractivity contribution is -0.156. The molecule has 0 saturated heterocycles. The van der Waals surface area contributed by atoms with E-state index in [1.165, 1.54) is 35.6 Å². The van der Waals surface area contributed by atoms with Gasteiger partial charge in [-0.1, -0.05) is 32.8 Å². The van der Waals surface area contributed by atoms with Gasteiger partial charge in [0.05, 0.1) is 5.69 Å². The molecule has 34 heavy (non-hydrogen) atoms. The van der Waals surface area contributed by atoms with E-state index in [0.29, 0.717) is 6.54 Å². The lowest BCUT2D eigenvalue weighted by Crippen LogP contribution is -2.42. The summed E-state index contributed by atoms with van der Waals surface area (Å²) in [6.07, 6.45) is 2.52. The van der Waals surface area contributed by atoms with Crippen molar-refractivity contribution < 1.29 is 22.8 Å². The van der Waals surface area contributed by atoms with Crippen LogP contribution in [0.2, 0.25) is 0 Å². The second-order valence-corrected chi connectivity index (χ2v) is 9.08. The van der Waals surface area contributed by atoms with Gasteiger partial charge in [0.15, 0.2) is 6.04 Å². The van der Waals surface area contributed by atoms with E-state index in [-0.39, 0.29) is 17.5 Å². The van der Waals surface area contributed by atoms with Gasteiger partial charge in [-0.3, -0.25) is 19.4 Å². The third-order valence-corrected chi connectivity index (χ3v) is 5.84. The van der Waals surface area contributed by atoms with Gasteiger partial charge in [0.1, 0.15) is 11.1 Å². The van der Waals surface area contributed by atoms with Crippen LogP contribution in [0.1, 0.15) is 78.0 Å². The van der Waals surface area contributed by atoms with Crippen molar-refractivity contribution in [3.8, 4) is 0 Å². The van der Waals surface area contributed by atoms with Crippen molar-refractivity contribution in [1.29, 1.82) is 0 Å². The molecule has 0 aliphatic heterocycles. The highest BCUT2D eigenvalue weighted by Gasteiger charge is 2.43. The van der Waals surface area contributed by atoms with Crippen molar-refractivity contribution in [1.82, 2.24) is 19.8 Å². The van der Waals surface area contributed by atoms with Crippen LogP contribution >= 0.6 is 0 Å². The van der Waals surface area contributed by atoms with E-state index in [1.54, 1.807) is 11.6 Å². The van der Waals surface area contributed by atoms with Gasteiger partial charge in [-0.2, -0.15) is 13.2 Å². The van der Waals surface area contributed by atoms with E-state index in [2.05, 4.69) is 4.98 Å². The molecule has 2 heterocycles. The molecule has 0 bridgehead atoms. The van der Waals surface area contributed by atoms with Gasteiger partial charge < -0.3 is 14.8 Å². The summed E-state index contributed by atoms with van der Waals surface area (Å²) >= 11 is 0. The molecule has 1 N–H and O–H groups in total.